The zero-order valence-corrected chi connectivity index (χ0v) is 22.3. The second-order valence-electron chi connectivity index (χ2n) is 10.1. The van der Waals surface area contributed by atoms with E-state index in [-0.39, 0.29) is 41.9 Å². The van der Waals surface area contributed by atoms with Crippen molar-refractivity contribution in [2.24, 2.45) is 11.8 Å². The first-order valence-corrected chi connectivity index (χ1v) is 13.9. The van der Waals surface area contributed by atoms with Crippen LogP contribution in [0.1, 0.15) is 82.2 Å². The molecule has 1 aromatic heterocycles. The van der Waals surface area contributed by atoms with Crippen molar-refractivity contribution in [3.05, 3.63) is 40.9 Å². The largest absolute Gasteiger partial charge is 0.353 e. The Morgan fingerprint density at radius 2 is 2.00 bits per heavy atom. The quantitative estimate of drug-likeness (QED) is 0.269. The van der Waals surface area contributed by atoms with Gasteiger partial charge in [-0.3, -0.25) is 9.59 Å². The summed E-state index contributed by atoms with van der Waals surface area (Å²) in [5.41, 5.74) is 2.12. The van der Waals surface area contributed by atoms with E-state index in [1.54, 1.807) is 11.3 Å². The maximum atomic E-state index is 13.4. The first-order chi connectivity index (χ1) is 17.3. The molecule has 192 valence electrons. The first-order valence-electron chi connectivity index (χ1n) is 13.1. The third-order valence-corrected chi connectivity index (χ3v) is 8.15. The fraction of sp³-hybridized carbons (Fsp3) is 0.552. The van der Waals surface area contributed by atoms with Crippen LogP contribution in [0.2, 0.25) is 0 Å². The summed E-state index contributed by atoms with van der Waals surface area (Å²) in [6, 6.07) is 7.88. The number of allylic oxidation sites excluding steroid dienone is 1. The Hall–Kier alpha value is -2.85. The number of nitriles is 1. The number of aryl methyl sites for hydroxylation is 1. The highest BCUT2D eigenvalue weighted by molar-refractivity contribution is 7.18. The van der Waals surface area contributed by atoms with Gasteiger partial charge in [-0.1, -0.05) is 51.7 Å². The fourth-order valence-corrected chi connectivity index (χ4v) is 6.16. The summed E-state index contributed by atoms with van der Waals surface area (Å²) in [6.07, 6.45) is 8.87. The number of thiazole rings is 1. The van der Waals surface area contributed by atoms with Crippen LogP contribution in [0.15, 0.2) is 30.4 Å². The fourth-order valence-electron chi connectivity index (χ4n) is 5.05. The number of ketones is 2. The summed E-state index contributed by atoms with van der Waals surface area (Å²) in [5, 5.41) is 13.0. The molecule has 1 saturated carbocycles. The zero-order chi connectivity index (χ0) is 26.1. The molecule has 0 bridgehead atoms. The van der Waals surface area contributed by atoms with Gasteiger partial charge in [0.2, 0.25) is 5.91 Å². The van der Waals surface area contributed by atoms with Crippen molar-refractivity contribution in [2.45, 2.75) is 90.5 Å². The average Bonchev–Trinajstić information content (AvgIpc) is 3.27. The third-order valence-electron chi connectivity index (χ3n) is 7.11. The minimum Gasteiger partial charge on any atom is -0.353 e. The van der Waals surface area contributed by atoms with Crippen molar-refractivity contribution in [1.82, 2.24) is 10.3 Å². The Labute approximate surface area is 218 Å². The number of nitrogens with one attached hydrogen (secondary N) is 1. The van der Waals surface area contributed by atoms with Gasteiger partial charge in [-0.25, -0.2) is 4.98 Å². The highest BCUT2D eigenvalue weighted by Crippen LogP contribution is 2.29. The van der Waals surface area contributed by atoms with Crippen LogP contribution in [0.3, 0.4) is 0 Å². The van der Waals surface area contributed by atoms with Gasteiger partial charge in [-0.2, -0.15) is 5.26 Å². The van der Waals surface area contributed by atoms with Gasteiger partial charge in [-0.15, -0.1) is 11.3 Å². The normalized spacial score (nSPS) is 15.7. The van der Waals surface area contributed by atoms with E-state index < -0.39 is 5.92 Å². The number of rotatable bonds is 13. The summed E-state index contributed by atoms with van der Waals surface area (Å²) < 4.78 is 1.10. The molecule has 1 amide bonds. The van der Waals surface area contributed by atoms with E-state index in [9.17, 15) is 14.4 Å². The first kappa shape index (κ1) is 27.7. The molecule has 1 fully saturated rings. The van der Waals surface area contributed by atoms with E-state index >= 15 is 0 Å². The maximum absolute atomic E-state index is 13.4. The number of nitrogens with zero attached hydrogens (tertiary/aromatic N) is 2. The molecule has 7 heteroatoms. The van der Waals surface area contributed by atoms with Gasteiger partial charge < -0.3 is 10.1 Å². The second kappa shape index (κ2) is 13.5. The predicted octanol–water partition coefficient (Wildman–Crippen LogP) is 5.88. The number of hydrogen-bond acceptors (Lipinski definition) is 6. The molecule has 2 atom stereocenters. The molecular weight excluding hydrogens is 470 g/mol. The molecule has 0 spiro atoms. The molecule has 36 heavy (non-hydrogen) atoms. The van der Waals surface area contributed by atoms with Gasteiger partial charge in [0.15, 0.2) is 5.78 Å². The number of fused-ring (bicyclic) bond motifs is 1. The Morgan fingerprint density at radius 3 is 2.67 bits per heavy atom. The summed E-state index contributed by atoms with van der Waals surface area (Å²) in [5.74, 6) is -0.463. The Kier molecular flexibility index (Phi) is 10.4. The SMILES string of the molecule is C=C(C#N)C(=O)CC[C@H](CC1CCCCC1)NC(=O)[C@@H](CC(C)=O)Cc1nc2ccc(CC)cc2s1. The average molecular weight is 508 g/mol. The monoisotopic (exact) mass is 507 g/mol. The van der Waals surface area contributed by atoms with Crippen molar-refractivity contribution < 1.29 is 14.4 Å². The predicted molar refractivity (Wildman–Crippen MR) is 144 cm³/mol. The van der Waals surface area contributed by atoms with E-state index in [1.807, 2.05) is 12.1 Å². The summed E-state index contributed by atoms with van der Waals surface area (Å²) in [6.45, 7) is 7.15. The number of carbonyl (C=O) groups excluding carboxylic acids is 3. The molecule has 0 unspecified atom stereocenters. The lowest BCUT2D eigenvalue weighted by molar-refractivity contribution is -0.129. The van der Waals surface area contributed by atoms with Crippen molar-refractivity contribution in [3.63, 3.8) is 0 Å². The van der Waals surface area contributed by atoms with E-state index in [0.29, 0.717) is 18.8 Å². The topological polar surface area (TPSA) is 99.9 Å². The van der Waals surface area contributed by atoms with Crippen molar-refractivity contribution in [3.8, 4) is 6.07 Å². The highest BCUT2D eigenvalue weighted by atomic mass is 32.1. The third kappa shape index (κ3) is 8.09. The molecule has 3 rings (SSSR count). The number of aromatic nitrogens is 1. The van der Waals surface area contributed by atoms with E-state index in [1.165, 1.54) is 31.7 Å². The molecule has 1 heterocycles. The van der Waals surface area contributed by atoms with Gasteiger partial charge >= 0.3 is 0 Å². The zero-order valence-electron chi connectivity index (χ0n) is 21.5. The minimum absolute atomic E-state index is 0.0335. The smallest absolute Gasteiger partial charge is 0.224 e. The maximum Gasteiger partial charge on any atom is 0.224 e. The summed E-state index contributed by atoms with van der Waals surface area (Å²) in [4.78, 5) is 42.4. The molecule has 0 radical (unpaired) electrons. The van der Waals surface area contributed by atoms with Crippen LogP contribution < -0.4 is 5.32 Å². The summed E-state index contributed by atoms with van der Waals surface area (Å²) >= 11 is 1.58. The van der Waals surface area contributed by atoms with Gasteiger partial charge in [0, 0.05) is 25.3 Å². The number of Topliss-reactive ketones (excluding diaryl/α,β-unsaturated/α-hetero) is 2. The number of amides is 1. The van der Waals surface area contributed by atoms with Crippen LogP contribution in [0, 0.1) is 23.2 Å². The number of carbonyl (C=O) groups is 3. The standard InChI is InChI=1S/C29H37N3O3S/c1-4-21-10-12-25-27(16-21)36-28(32-25)17-23(14-20(3)33)29(35)31-24(11-13-26(34)19(2)18-30)15-22-8-6-5-7-9-22/h10,12,16,22-24H,2,4-9,11,13-15,17H2,1,3H3,(H,31,35)/t23-,24+/m0/s1. The Morgan fingerprint density at radius 1 is 1.25 bits per heavy atom. The molecule has 1 aromatic carbocycles. The Bertz CT molecular complexity index is 1140. The van der Waals surface area contributed by atoms with Gasteiger partial charge in [0.25, 0.3) is 0 Å². The van der Waals surface area contributed by atoms with Crippen LogP contribution in [-0.2, 0) is 27.2 Å². The van der Waals surface area contributed by atoms with E-state index in [2.05, 4.69) is 31.0 Å². The van der Waals surface area contributed by atoms with E-state index in [0.717, 1.165) is 40.9 Å². The molecule has 1 N–H and O–H groups in total. The number of benzene rings is 1. The second-order valence-corrected chi connectivity index (χ2v) is 11.2. The number of hydrogen-bond donors (Lipinski definition) is 1. The lowest BCUT2D eigenvalue weighted by Crippen LogP contribution is -2.41. The molecular formula is C29H37N3O3S. The van der Waals surface area contributed by atoms with Crippen LogP contribution in [-0.4, -0.2) is 28.5 Å². The lowest BCUT2D eigenvalue weighted by atomic mass is 9.83. The Balaban J connectivity index is 1.73. The lowest BCUT2D eigenvalue weighted by Gasteiger charge is -2.28. The minimum atomic E-state index is -0.507. The highest BCUT2D eigenvalue weighted by Gasteiger charge is 2.27. The molecule has 6 nitrogen and oxygen atoms in total. The summed E-state index contributed by atoms with van der Waals surface area (Å²) in [7, 11) is 0. The van der Waals surface area contributed by atoms with Crippen LogP contribution in [0.25, 0.3) is 10.2 Å². The van der Waals surface area contributed by atoms with Crippen LogP contribution in [0.5, 0.6) is 0 Å². The molecule has 2 aromatic rings. The van der Waals surface area contributed by atoms with E-state index in [4.69, 9.17) is 10.2 Å². The molecule has 1 aliphatic carbocycles. The van der Waals surface area contributed by atoms with Gasteiger partial charge in [-0.05, 0) is 49.8 Å². The van der Waals surface area contributed by atoms with Gasteiger partial charge in [0.1, 0.15) is 11.9 Å². The molecule has 0 aliphatic heterocycles. The van der Waals surface area contributed by atoms with Crippen molar-refractivity contribution >= 4 is 39.0 Å². The van der Waals surface area contributed by atoms with Gasteiger partial charge in [0.05, 0.1) is 26.7 Å². The van der Waals surface area contributed by atoms with Crippen LogP contribution in [0.4, 0.5) is 0 Å². The molecule has 0 saturated heterocycles. The van der Waals surface area contributed by atoms with Crippen molar-refractivity contribution in [2.75, 3.05) is 0 Å². The molecule has 1 aliphatic rings. The van der Waals surface area contributed by atoms with Crippen LogP contribution >= 0.6 is 11.3 Å². The van der Waals surface area contributed by atoms with Crippen molar-refractivity contribution in [1.29, 1.82) is 5.26 Å².